The van der Waals surface area contributed by atoms with Crippen LogP contribution in [0.4, 0.5) is 10.1 Å². The largest absolute Gasteiger partial charge is 0.366 e. The lowest BCUT2D eigenvalue weighted by molar-refractivity contribution is 0.102. The number of nitrogens with zero attached hydrogens (tertiary/aromatic N) is 2. The number of hydrogen-bond acceptors (Lipinski definition) is 3. The highest BCUT2D eigenvalue weighted by atomic mass is 35.5. The number of aryl methyl sites for hydroxylation is 1. The maximum Gasteiger partial charge on any atom is 0.173 e. The molecule has 3 nitrogen and oxygen atoms in total. The average Bonchev–Trinajstić information content (AvgIpc) is 2.60. The molecule has 2 rings (SSSR count). The zero-order valence-corrected chi connectivity index (χ0v) is 16.0. The van der Waals surface area contributed by atoms with Gasteiger partial charge in [-0.25, -0.2) is 9.38 Å². The van der Waals surface area contributed by atoms with E-state index in [4.69, 9.17) is 11.6 Å². The highest BCUT2D eigenvalue weighted by Crippen LogP contribution is 2.30. The van der Waals surface area contributed by atoms with Crippen LogP contribution >= 0.6 is 23.4 Å². The zero-order valence-electron chi connectivity index (χ0n) is 14.4. The van der Waals surface area contributed by atoms with Gasteiger partial charge in [0.05, 0.1) is 22.8 Å². The summed E-state index contributed by atoms with van der Waals surface area (Å²) in [7, 11) is 1.92. The Hall–Kier alpha value is -1.85. The van der Waals surface area contributed by atoms with Crippen LogP contribution in [0, 0.1) is 12.7 Å². The molecule has 0 heterocycles. The van der Waals surface area contributed by atoms with Crippen LogP contribution in [0.15, 0.2) is 46.3 Å². The second-order valence-electron chi connectivity index (χ2n) is 5.58. The van der Waals surface area contributed by atoms with E-state index < -0.39 is 0 Å². The van der Waals surface area contributed by atoms with Crippen molar-refractivity contribution in [1.82, 2.24) is 4.90 Å². The Balaban J connectivity index is 2.13. The fraction of sp³-hybridized carbons (Fsp3) is 0.263. The third-order valence-corrected chi connectivity index (χ3v) is 5.03. The second kappa shape index (κ2) is 9.02. The Morgan fingerprint density at radius 1 is 1.36 bits per heavy atom. The Bertz CT molecular complexity index is 795. The average molecular weight is 379 g/mol. The highest BCUT2D eigenvalue weighted by molar-refractivity contribution is 8.00. The van der Waals surface area contributed by atoms with Crippen LogP contribution in [-0.2, 0) is 0 Å². The monoisotopic (exact) mass is 378 g/mol. The second-order valence-corrected chi connectivity index (χ2v) is 7.00. The molecule has 132 valence electrons. The number of aliphatic imine (C=N–C) groups is 1. The van der Waals surface area contributed by atoms with Crippen LogP contribution in [0.2, 0.25) is 5.02 Å². The van der Waals surface area contributed by atoms with Crippen LogP contribution < -0.4 is 0 Å². The molecule has 0 N–H and O–H groups in total. The quantitative estimate of drug-likeness (QED) is 0.281. The van der Waals surface area contributed by atoms with Crippen molar-refractivity contribution in [2.45, 2.75) is 18.7 Å². The number of halogens is 2. The smallest absolute Gasteiger partial charge is 0.173 e. The Morgan fingerprint density at radius 3 is 2.76 bits per heavy atom. The normalized spacial score (nSPS) is 11.1. The van der Waals surface area contributed by atoms with Crippen molar-refractivity contribution < 1.29 is 9.18 Å². The molecule has 0 aliphatic heterocycles. The molecule has 0 aromatic heterocycles. The lowest BCUT2D eigenvalue weighted by atomic mass is 10.0. The van der Waals surface area contributed by atoms with Crippen molar-refractivity contribution in [2.24, 2.45) is 4.99 Å². The molecule has 0 aliphatic rings. The van der Waals surface area contributed by atoms with Gasteiger partial charge in [-0.3, -0.25) is 4.79 Å². The van der Waals surface area contributed by atoms with Gasteiger partial charge in [-0.15, -0.1) is 11.8 Å². The van der Waals surface area contributed by atoms with E-state index in [-0.39, 0.29) is 17.4 Å². The molecule has 2 aromatic carbocycles. The van der Waals surface area contributed by atoms with Crippen LogP contribution in [0.25, 0.3) is 0 Å². The van der Waals surface area contributed by atoms with Crippen molar-refractivity contribution in [3.05, 3.63) is 58.4 Å². The molecule has 0 saturated heterocycles. The topological polar surface area (TPSA) is 32.7 Å². The van der Waals surface area contributed by atoms with Gasteiger partial charge in [-0.05, 0) is 43.7 Å². The van der Waals surface area contributed by atoms with E-state index in [9.17, 15) is 9.18 Å². The van der Waals surface area contributed by atoms with Crippen molar-refractivity contribution in [2.75, 3.05) is 19.3 Å². The Labute approximate surface area is 156 Å². The molecular formula is C19H20ClFN2OS. The number of benzene rings is 2. The molecule has 0 saturated carbocycles. The molecule has 0 spiro atoms. The lowest BCUT2D eigenvalue weighted by Crippen LogP contribution is -2.14. The van der Waals surface area contributed by atoms with Crippen molar-refractivity contribution in [3.8, 4) is 0 Å². The predicted molar refractivity (Wildman–Crippen MR) is 104 cm³/mol. The first-order valence-electron chi connectivity index (χ1n) is 7.87. The third-order valence-electron chi connectivity index (χ3n) is 3.68. The summed E-state index contributed by atoms with van der Waals surface area (Å²) >= 11 is 7.45. The fourth-order valence-electron chi connectivity index (χ4n) is 2.09. The van der Waals surface area contributed by atoms with Crippen molar-refractivity contribution >= 4 is 41.2 Å². The van der Waals surface area contributed by atoms with E-state index in [0.717, 1.165) is 12.1 Å². The Kier molecular flexibility index (Phi) is 7.02. The maximum atomic E-state index is 13.6. The number of hydrogen-bond donors (Lipinski definition) is 0. The number of Topliss-reactive ketones (excluding diaryl/α,β-unsaturated/α-hetero) is 1. The molecular weight excluding hydrogens is 359 g/mol. The summed E-state index contributed by atoms with van der Waals surface area (Å²) in [5, 5.41) is 0.422. The lowest BCUT2D eigenvalue weighted by Gasteiger charge is -2.10. The van der Waals surface area contributed by atoms with Gasteiger partial charge in [0.1, 0.15) is 5.82 Å². The van der Waals surface area contributed by atoms with E-state index in [1.807, 2.05) is 25.8 Å². The molecule has 0 radical (unpaired) electrons. The maximum absolute atomic E-state index is 13.6. The number of thioether (sulfide) groups is 1. The minimum absolute atomic E-state index is 0.0890. The molecule has 0 atom stereocenters. The van der Waals surface area contributed by atoms with Gasteiger partial charge in [-0.2, -0.15) is 0 Å². The molecule has 0 fully saturated rings. The molecule has 0 aliphatic carbocycles. The van der Waals surface area contributed by atoms with Crippen LogP contribution in [0.1, 0.15) is 22.8 Å². The Morgan fingerprint density at radius 2 is 2.08 bits per heavy atom. The van der Waals surface area contributed by atoms with Gasteiger partial charge in [0.2, 0.25) is 0 Å². The van der Waals surface area contributed by atoms with Gasteiger partial charge in [-0.1, -0.05) is 23.7 Å². The fourth-order valence-corrected chi connectivity index (χ4v) is 3.13. The number of rotatable bonds is 7. The number of ketones is 1. The van der Waals surface area contributed by atoms with E-state index in [1.165, 1.54) is 17.8 Å². The minimum Gasteiger partial charge on any atom is -0.366 e. The van der Waals surface area contributed by atoms with Gasteiger partial charge in [0.15, 0.2) is 5.78 Å². The van der Waals surface area contributed by atoms with Crippen LogP contribution in [0.5, 0.6) is 0 Å². The van der Waals surface area contributed by atoms with E-state index in [0.29, 0.717) is 21.2 Å². The van der Waals surface area contributed by atoms with Gasteiger partial charge in [0, 0.05) is 24.1 Å². The summed E-state index contributed by atoms with van der Waals surface area (Å²) in [6, 6.07) is 9.85. The first kappa shape index (κ1) is 19.5. The summed E-state index contributed by atoms with van der Waals surface area (Å²) in [6.07, 6.45) is 1.70. The summed E-state index contributed by atoms with van der Waals surface area (Å²) in [5.41, 5.74) is 1.96. The van der Waals surface area contributed by atoms with E-state index >= 15 is 0 Å². The van der Waals surface area contributed by atoms with Crippen LogP contribution in [-0.4, -0.2) is 36.4 Å². The molecule has 2 aromatic rings. The van der Waals surface area contributed by atoms with Gasteiger partial charge < -0.3 is 4.90 Å². The van der Waals surface area contributed by atoms with Crippen molar-refractivity contribution in [1.29, 1.82) is 0 Å². The number of carbonyl (C=O) groups excluding carboxylic acids is 1. The summed E-state index contributed by atoms with van der Waals surface area (Å²) in [6.45, 7) is 4.71. The van der Waals surface area contributed by atoms with Crippen molar-refractivity contribution in [3.63, 3.8) is 0 Å². The number of carbonyl (C=O) groups is 1. The first-order valence-corrected chi connectivity index (χ1v) is 9.23. The molecule has 6 heteroatoms. The summed E-state index contributed by atoms with van der Waals surface area (Å²) in [4.78, 5) is 19.2. The van der Waals surface area contributed by atoms with Gasteiger partial charge >= 0.3 is 0 Å². The summed E-state index contributed by atoms with van der Waals surface area (Å²) in [5.74, 6) is -0.257. The van der Waals surface area contributed by atoms with Crippen LogP contribution in [0.3, 0.4) is 0 Å². The highest BCUT2D eigenvalue weighted by Gasteiger charge is 2.14. The molecule has 0 bridgehead atoms. The van der Waals surface area contributed by atoms with Gasteiger partial charge in [0.25, 0.3) is 0 Å². The standard InChI is InChI=1S/C19H20ClFN2OS/c1-4-23(3)12-22-17-9-13(2)14(10-15(17)20)18(24)11-25-19-8-6-5-7-16(19)21/h5-10,12H,4,11H2,1-3H3. The minimum atomic E-state index is -0.320. The predicted octanol–water partition coefficient (Wildman–Crippen LogP) is 5.37. The molecule has 0 amide bonds. The molecule has 0 unspecified atom stereocenters. The summed E-state index contributed by atoms with van der Waals surface area (Å²) < 4.78 is 13.6. The third kappa shape index (κ3) is 5.31. The van der Waals surface area contributed by atoms with E-state index in [1.54, 1.807) is 36.7 Å². The SMILES string of the molecule is CCN(C)C=Nc1cc(C)c(C(=O)CSc2ccccc2F)cc1Cl. The zero-order chi connectivity index (χ0) is 18.4. The first-order chi connectivity index (χ1) is 11.9. The molecule has 25 heavy (non-hydrogen) atoms. The van der Waals surface area contributed by atoms with E-state index in [2.05, 4.69) is 4.99 Å².